The lowest BCUT2D eigenvalue weighted by atomic mass is 10.1. The monoisotopic (exact) mass is 291 g/mol. The van der Waals surface area contributed by atoms with Gasteiger partial charge in [-0.2, -0.15) is 0 Å². The summed E-state index contributed by atoms with van der Waals surface area (Å²) in [6, 6.07) is 6.94. The van der Waals surface area contributed by atoms with E-state index in [4.69, 9.17) is 17.0 Å². The topological polar surface area (TPSA) is 82.1 Å². The van der Waals surface area contributed by atoms with Crippen molar-refractivity contribution in [3.05, 3.63) is 53.8 Å². The van der Waals surface area contributed by atoms with Gasteiger partial charge in [0.1, 0.15) is 5.71 Å². The van der Waals surface area contributed by atoms with Crippen LogP contribution in [0.3, 0.4) is 0 Å². The third-order valence-electron chi connectivity index (χ3n) is 2.20. The minimum atomic E-state index is -0.676. The second-order valence-corrected chi connectivity index (χ2v) is 4.15. The van der Waals surface area contributed by atoms with Crippen LogP contribution in [0.5, 0.6) is 0 Å². The van der Waals surface area contributed by atoms with Crippen molar-refractivity contribution in [2.75, 3.05) is 12.4 Å². The third kappa shape index (κ3) is 5.07. The van der Waals surface area contributed by atoms with Crippen molar-refractivity contribution < 1.29 is 9.59 Å². The van der Waals surface area contributed by atoms with E-state index >= 15 is 0 Å². The van der Waals surface area contributed by atoms with E-state index in [1.54, 1.807) is 31.3 Å². The van der Waals surface area contributed by atoms with Gasteiger partial charge in [-0.1, -0.05) is 17.7 Å². The molecule has 0 bridgehead atoms. The molecule has 20 heavy (non-hydrogen) atoms. The molecule has 0 atom stereocenters. The summed E-state index contributed by atoms with van der Waals surface area (Å²) in [5.74, 6) is -1.33. The Kier molecular flexibility index (Phi) is 6.19. The standard InChI is InChI=1S/C14H14ClN3O2/c1-17-7-5-12(19)14(16)13(20)6-8-18-11-4-2-3-10(15)9-11/h2-9,16-18H,1H3. The van der Waals surface area contributed by atoms with Crippen LogP contribution in [0.2, 0.25) is 5.02 Å². The molecule has 1 aromatic rings. The molecule has 0 saturated carbocycles. The molecular formula is C14H14ClN3O2. The van der Waals surface area contributed by atoms with Gasteiger partial charge in [0.2, 0.25) is 11.6 Å². The highest BCUT2D eigenvalue weighted by Gasteiger charge is 2.12. The Labute approximate surface area is 121 Å². The SMILES string of the molecule is CNC=CC(=O)C(=N)C(=O)C=CNc1cccc(Cl)c1. The summed E-state index contributed by atoms with van der Waals surface area (Å²) in [5.41, 5.74) is 0.107. The molecule has 3 N–H and O–H groups in total. The van der Waals surface area contributed by atoms with Crippen molar-refractivity contribution in [1.82, 2.24) is 5.32 Å². The zero-order chi connectivity index (χ0) is 15.0. The molecule has 104 valence electrons. The van der Waals surface area contributed by atoms with Crippen LogP contribution in [-0.2, 0) is 9.59 Å². The van der Waals surface area contributed by atoms with Crippen molar-refractivity contribution in [3.8, 4) is 0 Å². The summed E-state index contributed by atoms with van der Waals surface area (Å²) in [6.45, 7) is 0. The van der Waals surface area contributed by atoms with Crippen molar-refractivity contribution in [1.29, 1.82) is 5.41 Å². The Morgan fingerprint density at radius 2 is 1.85 bits per heavy atom. The van der Waals surface area contributed by atoms with Gasteiger partial charge in [0.25, 0.3) is 0 Å². The van der Waals surface area contributed by atoms with Crippen molar-refractivity contribution in [2.24, 2.45) is 0 Å². The van der Waals surface area contributed by atoms with E-state index in [-0.39, 0.29) is 0 Å². The van der Waals surface area contributed by atoms with Crippen LogP contribution < -0.4 is 10.6 Å². The molecule has 0 aliphatic carbocycles. The number of anilines is 1. The molecule has 0 saturated heterocycles. The lowest BCUT2D eigenvalue weighted by Gasteiger charge is -2.00. The van der Waals surface area contributed by atoms with Crippen LogP contribution in [0, 0.1) is 5.41 Å². The molecule has 6 heteroatoms. The van der Waals surface area contributed by atoms with Crippen molar-refractivity contribution in [3.63, 3.8) is 0 Å². The second-order valence-electron chi connectivity index (χ2n) is 3.71. The highest BCUT2D eigenvalue weighted by molar-refractivity contribution is 6.69. The molecule has 0 heterocycles. The zero-order valence-corrected chi connectivity index (χ0v) is 11.6. The summed E-state index contributed by atoms with van der Waals surface area (Å²) < 4.78 is 0. The third-order valence-corrected chi connectivity index (χ3v) is 2.44. The smallest absolute Gasteiger partial charge is 0.208 e. The Morgan fingerprint density at radius 1 is 1.20 bits per heavy atom. The molecular weight excluding hydrogens is 278 g/mol. The average molecular weight is 292 g/mol. The average Bonchev–Trinajstić information content (AvgIpc) is 2.43. The predicted octanol–water partition coefficient (Wildman–Crippen LogP) is 2.16. The summed E-state index contributed by atoms with van der Waals surface area (Å²) in [4.78, 5) is 22.9. The summed E-state index contributed by atoms with van der Waals surface area (Å²) in [5, 5.41) is 13.4. The van der Waals surface area contributed by atoms with Crippen LogP contribution in [-0.4, -0.2) is 24.3 Å². The normalized spacial score (nSPS) is 10.7. The van der Waals surface area contributed by atoms with Crippen LogP contribution in [0.1, 0.15) is 0 Å². The minimum Gasteiger partial charge on any atom is -0.394 e. The molecule has 0 fully saturated rings. The van der Waals surface area contributed by atoms with Gasteiger partial charge in [-0.25, -0.2) is 0 Å². The first-order valence-electron chi connectivity index (χ1n) is 5.74. The molecule has 0 aliphatic heterocycles. The van der Waals surface area contributed by atoms with E-state index < -0.39 is 17.3 Å². The molecule has 5 nitrogen and oxygen atoms in total. The number of hydrogen-bond acceptors (Lipinski definition) is 5. The van der Waals surface area contributed by atoms with E-state index in [1.165, 1.54) is 12.4 Å². The summed E-state index contributed by atoms with van der Waals surface area (Å²) >= 11 is 5.80. The molecule has 1 rings (SSSR count). The van der Waals surface area contributed by atoms with Crippen LogP contribution in [0.25, 0.3) is 0 Å². The van der Waals surface area contributed by atoms with Gasteiger partial charge in [-0.05, 0) is 18.2 Å². The van der Waals surface area contributed by atoms with Crippen molar-refractivity contribution >= 4 is 34.6 Å². The van der Waals surface area contributed by atoms with Crippen LogP contribution in [0.15, 0.2) is 48.8 Å². The van der Waals surface area contributed by atoms with Gasteiger partial charge in [-0.15, -0.1) is 0 Å². The van der Waals surface area contributed by atoms with Gasteiger partial charge in [0.15, 0.2) is 0 Å². The highest BCUT2D eigenvalue weighted by atomic mass is 35.5. The molecule has 0 aliphatic rings. The van der Waals surface area contributed by atoms with E-state index in [0.29, 0.717) is 10.7 Å². The number of halogens is 1. The van der Waals surface area contributed by atoms with Gasteiger partial charge >= 0.3 is 0 Å². The number of hydrogen-bond donors (Lipinski definition) is 3. The number of rotatable bonds is 7. The summed E-state index contributed by atoms with van der Waals surface area (Å²) in [6.07, 6.45) is 4.96. The van der Waals surface area contributed by atoms with Gasteiger partial charge < -0.3 is 10.6 Å². The Balaban J connectivity index is 2.57. The van der Waals surface area contributed by atoms with E-state index in [2.05, 4.69) is 10.6 Å². The second kappa shape index (κ2) is 7.91. The Hall–Kier alpha value is -2.40. The lowest BCUT2D eigenvalue weighted by Crippen LogP contribution is -2.20. The predicted molar refractivity (Wildman–Crippen MR) is 80.2 cm³/mol. The van der Waals surface area contributed by atoms with Crippen molar-refractivity contribution in [2.45, 2.75) is 0 Å². The van der Waals surface area contributed by atoms with Gasteiger partial charge in [-0.3, -0.25) is 15.0 Å². The summed E-state index contributed by atoms with van der Waals surface area (Å²) in [7, 11) is 1.62. The fourth-order valence-electron chi connectivity index (χ4n) is 1.24. The number of benzene rings is 1. The maximum atomic E-state index is 11.6. The first-order valence-corrected chi connectivity index (χ1v) is 6.12. The largest absolute Gasteiger partial charge is 0.394 e. The van der Waals surface area contributed by atoms with Gasteiger partial charge in [0, 0.05) is 42.3 Å². The molecule has 0 radical (unpaired) electrons. The quantitative estimate of drug-likeness (QED) is 0.408. The van der Waals surface area contributed by atoms with E-state index in [9.17, 15) is 9.59 Å². The number of nitrogens with one attached hydrogen (secondary N) is 3. The first-order chi connectivity index (χ1) is 9.54. The Bertz CT molecular complexity index is 580. The molecule has 0 aromatic heterocycles. The molecule has 0 amide bonds. The van der Waals surface area contributed by atoms with Crippen LogP contribution in [0.4, 0.5) is 5.69 Å². The maximum absolute atomic E-state index is 11.6. The lowest BCUT2D eigenvalue weighted by molar-refractivity contribution is -0.112. The van der Waals surface area contributed by atoms with Crippen LogP contribution >= 0.6 is 11.6 Å². The van der Waals surface area contributed by atoms with E-state index in [1.807, 2.05) is 0 Å². The fraction of sp³-hybridized carbons (Fsp3) is 0.0714. The number of ketones is 2. The highest BCUT2D eigenvalue weighted by Crippen LogP contribution is 2.14. The molecule has 1 aromatic carbocycles. The van der Waals surface area contributed by atoms with Gasteiger partial charge in [0.05, 0.1) is 0 Å². The fourth-order valence-corrected chi connectivity index (χ4v) is 1.43. The first kappa shape index (κ1) is 15.7. The number of carbonyl (C=O) groups excluding carboxylic acids is 2. The Morgan fingerprint density at radius 3 is 2.45 bits per heavy atom. The molecule has 0 spiro atoms. The zero-order valence-electron chi connectivity index (χ0n) is 10.8. The number of allylic oxidation sites excluding steroid dienone is 2. The van der Waals surface area contributed by atoms with E-state index in [0.717, 1.165) is 12.2 Å². The minimum absolute atomic E-state index is 0.565. The molecule has 0 unspecified atom stereocenters. The maximum Gasteiger partial charge on any atom is 0.208 e. The number of carbonyl (C=O) groups is 2.